The summed E-state index contributed by atoms with van der Waals surface area (Å²) in [7, 11) is 1.68. The van der Waals surface area contributed by atoms with Crippen LogP contribution in [0.15, 0.2) is 18.2 Å². The van der Waals surface area contributed by atoms with Crippen LogP contribution in [0.2, 0.25) is 0 Å². The maximum Gasteiger partial charge on any atom is 0.123 e. The third-order valence-electron chi connectivity index (χ3n) is 3.01. The van der Waals surface area contributed by atoms with Crippen molar-refractivity contribution >= 4 is 11.6 Å². The average Bonchev–Trinajstić information content (AvgIpc) is 2.40. The van der Waals surface area contributed by atoms with Gasteiger partial charge in [0.1, 0.15) is 5.75 Å². The summed E-state index contributed by atoms with van der Waals surface area (Å²) >= 11 is 5.85. The van der Waals surface area contributed by atoms with E-state index in [1.54, 1.807) is 7.11 Å². The number of hydrogen-bond donors (Lipinski definition) is 0. The number of benzene rings is 1. The number of hydrogen-bond acceptors (Lipinski definition) is 3. The summed E-state index contributed by atoms with van der Waals surface area (Å²) < 4.78 is 10.7. The van der Waals surface area contributed by atoms with Crippen LogP contribution >= 0.6 is 11.6 Å². The molecule has 0 atom stereocenters. The zero-order chi connectivity index (χ0) is 12.1. The summed E-state index contributed by atoms with van der Waals surface area (Å²) in [6.07, 6.45) is 0. The molecule has 94 valence electrons. The molecule has 1 fully saturated rings. The van der Waals surface area contributed by atoms with Gasteiger partial charge in [-0.15, -0.1) is 11.6 Å². The summed E-state index contributed by atoms with van der Waals surface area (Å²) in [4.78, 5) is 2.39. The Kier molecular flexibility index (Phi) is 4.66. The number of nitrogens with zero attached hydrogens (tertiary/aromatic N) is 1. The van der Waals surface area contributed by atoms with Crippen LogP contribution in [0.3, 0.4) is 0 Å². The van der Waals surface area contributed by atoms with Gasteiger partial charge in [0.25, 0.3) is 0 Å². The second kappa shape index (κ2) is 6.24. The number of morpholine rings is 1. The molecule has 17 heavy (non-hydrogen) atoms. The van der Waals surface area contributed by atoms with Crippen molar-refractivity contribution < 1.29 is 9.47 Å². The molecule has 2 rings (SSSR count). The molecule has 0 bridgehead atoms. The van der Waals surface area contributed by atoms with E-state index in [1.165, 1.54) is 5.56 Å². The third-order valence-corrected chi connectivity index (χ3v) is 3.29. The molecule has 1 aromatic carbocycles. The molecule has 0 saturated carbocycles. The fourth-order valence-corrected chi connectivity index (χ4v) is 2.24. The number of methoxy groups -OCH3 is 1. The lowest BCUT2D eigenvalue weighted by Gasteiger charge is -2.26. The summed E-state index contributed by atoms with van der Waals surface area (Å²) in [6, 6.07) is 6.24. The van der Waals surface area contributed by atoms with Crippen molar-refractivity contribution in [2.45, 2.75) is 12.4 Å². The zero-order valence-corrected chi connectivity index (χ0v) is 10.9. The average molecular weight is 256 g/mol. The van der Waals surface area contributed by atoms with Crippen molar-refractivity contribution in [1.82, 2.24) is 4.90 Å². The standard InChI is InChI=1S/C13H18ClNO2/c1-16-13-8-11(2-3-12(13)9-14)10-15-4-6-17-7-5-15/h2-3,8H,4-7,9-10H2,1H3. The lowest BCUT2D eigenvalue weighted by atomic mass is 10.1. The summed E-state index contributed by atoms with van der Waals surface area (Å²) in [6.45, 7) is 4.61. The van der Waals surface area contributed by atoms with Gasteiger partial charge in [-0.05, 0) is 11.6 Å². The Bertz CT molecular complexity index is 364. The lowest BCUT2D eigenvalue weighted by molar-refractivity contribution is 0.0341. The quantitative estimate of drug-likeness (QED) is 0.771. The second-order valence-electron chi connectivity index (χ2n) is 4.17. The molecule has 0 aromatic heterocycles. The van der Waals surface area contributed by atoms with Gasteiger partial charge in [0, 0.05) is 25.2 Å². The van der Waals surface area contributed by atoms with E-state index in [2.05, 4.69) is 17.0 Å². The summed E-state index contributed by atoms with van der Waals surface area (Å²) in [5, 5.41) is 0. The van der Waals surface area contributed by atoms with Gasteiger partial charge < -0.3 is 9.47 Å². The molecule has 1 aromatic rings. The van der Waals surface area contributed by atoms with E-state index >= 15 is 0 Å². The van der Waals surface area contributed by atoms with Gasteiger partial charge in [-0.1, -0.05) is 12.1 Å². The Morgan fingerprint density at radius 1 is 1.35 bits per heavy atom. The number of rotatable bonds is 4. The fourth-order valence-electron chi connectivity index (χ4n) is 2.02. The molecule has 1 saturated heterocycles. The van der Waals surface area contributed by atoms with Crippen LogP contribution in [0, 0.1) is 0 Å². The first-order valence-electron chi connectivity index (χ1n) is 5.85. The molecule has 0 N–H and O–H groups in total. The van der Waals surface area contributed by atoms with E-state index in [0.717, 1.165) is 44.2 Å². The minimum absolute atomic E-state index is 0.487. The molecular formula is C13H18ClNO2. The monoisotopic (exact) mass is 255 g/mol. The van der Waals surface area contributed by atoms with Crippen LogP contribution < -0.4 is 4.74 Å². The predicted octanol–water partition coefficient (Wildman–Crippen LogP) is 2.27. The molecule has 1 heterocycles. The highest BCUT2D eigenvalue weighted by Gasteiger charge is 2.11. The van der Waals surface area contributed by atoms with E-state index in [0.29, 0.717) is 5.88 Å². The van der Waals surface area contributed by atoms with E-state index in [-0.39, 0.29) is 0 Å². The maximum atomic E-state index is 5.85. The third kappa shape index (κ3) is 3.35. The number of halogens is 1. The molecular weight excluding hydrogens is 238 g/mol. The van der Waals surface area contributed by atoms with Crippen molar-refractivity contribution in [1.29, 1.82) is 0 Å². The van der Waals surface area contributed by atoms with Crippen LogP contribution in [0.1, 0.15) is 11.1 Å². The normalized spacial score (nSPS) is 17.1. The smallest absolute Gasteiger partial charge is 0.123 e. The molecule has 0 aliphatic carbocycles. The van der Waals surface area contributed by atoms with Gasteiger partial charge in [-0.3, -0.25) is 4.90 Å². The van der Waals surface area contributed by atoms with E-state index in [1.807, 2.05) is 6.07 Å². The van der Waals surface area contributed by atoms with Crippen molar-refractivity contribution in [2.24, 2.45) is 0 Å². The van der Waals surface area contributed by atoms with Crippen LogP contribution in [0.25, 0.3) is 0 Å². The van der Waals surface area contributed by atoms with Gasteiger partial charge in [0.05, 0.1) is 26.2 Å². The van der Waals surface area contributed by atoms with Crippen LogP contribution in [-0.2, 0) is 17.2 Å². The second-order valence-corrected chi connectivity index (χ2v) is 4.44. The van der Waals surface area contributed by atoms with Gasteiger partial charge in [-0.2, -0.15) is 0 Å². The summed E-state index contributed by atoms with van der Waals surface area (Å²) in [5.41, 5.74) is 2.30. The highest BCUT2D eigenvalue weighted by Crippen LogP contribution is 2.22. The Hall–Kier alpha value is -0.770. The van der Waals surface area contributed by atoms with Crippen molar-refractivity contribution in [3.63, 3.8) is 0 Å². The predicted molar refractivity (Wildman–Crippen MR) is 68.6 cm³/mol. The van der Waals surface area contributed by atoms with Crippen molar-refractivity contribution in [3.05, 3.63) is 29.3 Å². The molecule has 1 aliphatic heterocycles. The highest BCUT2D eigenvalue weighted by molar-refractivity contribution is 6.17. The van der Waals surface area contributed by atoms with Crippen LogP contribution in [0.4, 0.5) is 0 Å². The van der Waals surface area contributed by atoms with Gasteiger partial charge in [0.2, 0.25) is 0 Å². The zero-order valence-electron chi connectivity index (χ0n) is 10.1. The minimum Gasteiger partial charge on any atom is -0.496 e. The molecule has 4 heteroatoms. The number of alkyl halides is 1. The van der Waals surface area contributed by atoms with Crippen molar-refractivity contribution in [3.8, 4) is 5.75 Å². The Morgan fingerprint density at radius 3 is 2.76 bits per heavy atom. The Morgan fingerprint density at radius 2 is 2.12 bits per heavy atom. The minimum atomic E-state index is 0.487. The largest absolute Gasteiger partial charge is 0.496 e. The first-order chi connectivity index (χ1) is 8.33. The van der Waals surface area contributed by atoms with E-state index < -0.39 is 0 Å². The molecule has 0 spiro atoms. The molecule has 0 unspecified atom stereocenters. The highest BCUT2D eigenvalue weighted by atomic mass is 35.5. The summed E-state index contributed by atoms with van der Waals surface area (Å²) in [5.74, 6) is 1.37. The maximum absolute atomic E-state index is 5.85. The molecule has 0 amide bonds. The first kappa shape index (κ1) is 12.7. The van der Waals surface area contributed by atoms with Gasteiger partial charge >= 0.3 is 0 Å². The van der Waals surface area contributed by atoms with Crippen LogP contribution in [-0.4, -0.2) is 38.3 Å². The van der Waals surface area contributed by atoms with Gasteiger partial charge in [0.15, 0.2) is 0 Å². The fraction of sp³-hybridized carbons (Fsp3) is 0.538. The molecule has 1 aliphatic rings. The Balaban J connectivity index is 2.05. The van der Waals surface area contributed by atoms with E-state index in [9.17, 15) is 0 Å². The van der Waals surface area contributed by atoms with E-state index in [4.69, 9.17) is 21.1 Å². The van der Waals surface area contributed by atoms with Gasteiger partial charge in [-0.25, -0.2) is 0 Å². The SMILES string of the molecule is COc1cc(CN2CCOCC2)ccc1CCl. The molecule has 3 nitrogen and oxygen atoms in total. The molecule has 0 radical (unpaired) electrons. The first-order valence-corrected chi connectivity index (χ1v) is 6.39. The number of ether oxygens (including phenoxy) is 2. The van der Waals surface area contributed by atoms with Crippen molar-refractivity contribution in [2.75, 3.05) is 33.4 Å². The lowest BCUT2D eigenvalue weighted by Crippen LogP contribution is -2.35. The topological polar surface area (TPSA) is 21.7 Å². The van der Waals surface area contributed by atoms with Crippen LogP contribution in [0.5, 0.6) is 5.75 Å². The Labute approximate surface area is 107 Å².